The van der Waals surface area contributed by atoms with Crippen LogP contribution in [0, 0.1) is 0 Å². The minimum atomic E-state index is 0.376. The second-order valence-electron chi connectivity index (χ2n) is 3.86. The van der Waals surface area contributed by atoms with Crippen LogP contribution < -0.4 is 15.2 Å². The molecule has 2 rings (SSSR count). The largest absolute Gasteiger partial charge is 0.497 e. The van der Waals surface area contributed by atoms with Crippen molar-refractivity contribution in [3.63, 3.8) is 0 Å². The third-order valence-electron chi connectivity index (χ3n) is 2.61. The number of nitrogens with two attached hydrogens (primary N) is 1. The van der Waals surface area contributed by atoms with E-state index in [4.69, 9.17) is 38.4 Å². The third-order valence-corrected chi connectivity index (χ3v) is 3.35. The molecule has 19 heavy (non-hydrogen) atoms. The lowest BCUT2D eigenvalue weighted by Crippen LogP contribution is -2.00. The van der Waals surface area contributed by atoms with Gasteiger partial charge in [0, 0.05) is 24.2 Å². The molecule has 0 aromatic heterocycles. The van der Waals surface area contributed by atoms with Gasteiger partial charge in [-0.3, -0.25) is 0 Å². The molecule has 0 unspecified atom stereocenters. The normalized spacial score (nSPS) is 10.3. The maximum absolute atomic E-state index is 5.95. The summed E-state index contributed by atoms with van der Waals surface area (Å²) in [6.45, 7) is 0.376. The van der Waals surface area contributed by atoms with Crippen LogP contribution in [0.15, 0.2) is 36.4 Å². The molecular formula is C14H13Cl2NO2. The summed E-state index contributed by atoms with van der Waals surface area (Å²) in [7, 11) is 1.60. The van der Waals surface area contributed by atoms with Crippen molar-refractivity contribution < 1.29 is 9.47 Å². The van der Waals surface area contributed by atoms with Gasteiger partial charge in [0.05, 0.1) is 17.2 Å². The van der Waals surface area contributed by atoms with E-state index in [1.807, 2.05) is 12.1 Å². The first-order valence-electron chi connectivity index (χ1n) is 5.64. The Morgan fingerprint density at radius 2 is 1.74 bits per heavy atom. The van der Waals surface area contributed by atoms with Crippen molar-refractivity contribution in [2.45, 2.75) is 6.54 Å². The van der Waals surface area contributed by atoms with E-state index in [9.17, 15) is 0 Å². The molecular weight excluding hydrogens is 285 g/mol. The third kappa shape index (κ3) is 3.32. The maximum atomic E-state index is 5.95. The Kier molecular flexibility index (Phi) is 4.53. The quantitative estimate of drug-likeness (QED) is 0.917. The lowest BCUT2D eigenvalue weighted by molar-refractivity contribution is 0.408. The van der Waals surface area contributed by atoms with Gasteiger partial charge in [0.2, 0.25) is 0 Å². The van der Waals surface area contributed by atoms with Crippen LogP contribution in [0.25, 0.3) is 0 Å². The van der Waals surface area contributed by atoms with Gasteiger partial charge in [-0.05, 0) is 18.2 Å². The molecule has 0 amide bonds. The van der Waals surface area contributed by atoms with E-state index in [1.54, 1.807) is 31.4 Å². The Hall–Kier alpha value is -1.42. The molecule has 0 bridgehead atoms. The summed E-state index contributed by atoms with van der Waals surface area (Å²) < 4.78 is 10.9. The van der Waals surface area contributed by atoms with E-state index < -0.39 is 0 Å². The van der Waals surface area contributed by atoms with Gasteiger partial charge in [-0.1, -0.05) is 29.3 Å². The summed E-state index contributed by atoms with van der Waals surface area (Å²) in [6.07, 6.45) is 0. The number of halogens is 2. The van der Waals surface area contributed by atoms with E-state index in [2.05, 4.69) is 0 Å². The second-order valence-corrected chi connectivity index (χ2v) is 4.67. The van der Waals surface area contributed by atoms with Crippen molar-refractivity contribution in [1.82, 2.24) is 0 Å². The number of hydrogen-bond donors (Lipinski definition) is 1. The highest BCUT2D eigenvalue weighted by molar-refractivity contribution is 6.42. The topological polar surface area (TPSA) is 44.5 Å². The van der Waals surface area contributed by atoms with Crippen LogP contribution in [0.5, 0.6) is 17.2 Å². The molecule has 100 valence electrons. The lowest BCUT2D eigenvalue weighted by Gasteiger charge is -2.12. The maximum Gasteiger partial charge on any atom is 0.135 e. The predicted molar refractivity (Wildman–Crippen MR) is 77.4 cm³/mol. The lowest BCUT2D eigenvalue weighted by atomic mass is 10.2. The molecule has 0 saturated heterocycles. The zero-order valence-electron chi connectivity index (χ0n) is 10.3. The molecule has 2 aromatic carbocycles. The summed E-state index contributed by atoms with van der Waals surface area (Å²) in [5, 5.41) is 0.926. The zero-order chi connectivity index (χ0) is 13.8. The molecule has 0 radical (unpaired) electrons. The second kappa shape index (κ2) is 6.15. The Bertz CT molecular complexity index is 588. The average molecular weight is 298 g/mol. The SMILES string of the molecule is COc1ccc(CN)c(Oc2ccc(Cl)c(Cl)c2)c1. The van der Waals surface area contributed by atoms with Crippen molar-refractivity contribution >= 4 is 23.2 Å². The Morgan fingerprint density at radius 1 is 1.00 bits per heavy atom. The van der Waals surface area contributed by atoms with Crippen LogP contribution >= 0.6 is 23.2 Å². The highest BCUT2D eigenvalue weighted by Crippen LogP contribution is 2.32. The fraction of sp³-hybridized carbons (Fsp3) is 0.143. The van der Waals surface area contributed by atoms with Gasteiger partial charge in [0.1, 0.15) is 17.2 Å². The fourth-order valence-electron chi connectivity index (χ4n) is 1.59. The summed E-state index contributed by atoms with van der Waals surface area (Å²) in [5.41, 5.74) is 6.56. The minimum absolute atomic E-state index is 0.376. The predicted octanol–water partition coefficient (Wildman–Crippen LogP) is 4.25. The molecule has 0 aliphatic heterocycles. The number of benzene rings is 2. The molecule has 3 nitrogen and oxygen atoms in total. The minimum Gasteiger partial charge on any atom is -0.497 e. The van der Waals surface area contributed by atoms with Crippen LogP contribution in [0.4, 0.5) is 0 Å². The van der Waals surface area contributed by atoms with Gasteiger partial charge >= 0.3 is 0 Å². The van der Waals surface area contributed by atoms with Crippen LogP contribution in [0.3, 0.4) is 0 Å². The van der Waals surface area contributed by atoms with Crippen LogP contribution in [-0.2, 0) is 6.54 Å². The average Bonchev–Trinajstić information content (AvgIpc) is 2.43. The molecule has 0 heterocycles. The number of methoxy groups -OCH3 is 1. The number of rotatable bonds is 4. The van der Waals surface area contributed by atoms with Crippen molar-refractivity contribution in [3.05, 3.63) is 52.0 Å². The Morgan fingerprint density at radius 3 is 2.37 bits per heavy atom. The first-order valence-corrected chi connectivity index (χ1v) is 6.39. The molecule has 2 aromatic rings. The van der Waals surface area contributed by atoms with Crippen molar-refractivity contribution in [1.29, 1.82) is 0 Å². The van der Waals surface area contributed by atoms with Gasteiger partial charge in [-0.25, -0.2) is 0 Å². The van der Waals surface area contributed by atoms with Gasteiger partial charge < -0.3 is 15.2 Å². The number of ether oxygens (including phenoxy) is 2. The summed E-state index contributed by atoms with van der Waals surface area (Å²) in [4.78, 5) is 0. The number of hydrogen-bond acceptors (Lipinski definition) is 3. The molecule has 0 aliphatic rings. The van der Waals surface area contributed by atoms with Gasteiger partial charge in [0.15, 0.2) is 0 Å². The Balaban J connectivity index is 2.33. The first kappa shape index (κ1) is 14.0. The first-order chi connectivity index (χ1) is 9.13. The standard InChI is InChI=1S/C14H13Cl2NO2/c1-18-10-3-2-9(8-17)14(7-10)19-11-4-5-12(15)13(16)6-11/h2-7H,8,17H2,1H3. The van der Waals surface area contributed by atoms with Gasteiger partial charge in [-0.15, -0.1) is 0 Å². The zero-order valence-corrected chi connectivity index (χ0v) is 11.8. The van der Waals surface area contributed by atoms with E-state index in [1.165, 1.54) is 0 Å². The Labute approximate surface area is 121 Å². The summed E-state index contributed by atoms with van der Waals surface area (Å²) in [6, 6.07) is 10.6. The molecule has 0 saturated carbocycles. The van der Waals surface area contributed by atoms with Gasteiger partial charge in [0.25, 0.3) is 0 Å². The van der Waals surface area contributed by atoms with Crippen molar-refractivity contribution in [3.8, 4) is 17.2 Å². The highest BCUT2D eigenvalue weighted by Gasteiger charge is 2.07. The van der Waals surface area contributed by atoms with E-state index in [0.717, 1.165) is 5.56 Å². The fourth-order valence-corrected chi connectivity index (χ4v) is 1.88. The summed E-state index contributed by atoms with van der Waals surface area (Å²) >= 11 is 11.8. The molecule has 0 spiro atoms. The molecule has 0 fully saturated rings. The van der Waals surface area contributed by atoms with Crippen LogP contribution in [-0.4, -0.2) is 7.11 Å². The molecule has 5 heteroatoms. The molecule has 2 N–H and O–H groups in total. The molecule has 0 aliphatic carbocycles. The van der Waals surface area contributed by atoms with E-state index in [-0.39, 0.29) is 0 Å². The smallest absolute Gasteiger partial charge is 0.135 e. The van der Waals surface area contributed by atoms with E-state index >= 15 is 0 Å². The van der Waals surface area contributed by atoms with Crippen LogP contribution in [0.2, 0.25) is 10.0 Å². The van der Waals surface area contributed by atoms with Crippen LogP contribution in [0.1, 0.15) is 5.56 Å². The highest BCUT2D eigenvalue weighted by atomic mass is 35.5. The molecule has 0 atom stereocenters. The summed E-state index contributed by atoms with van der Waals surface area (Å²) in [5.74, 6) is 1.94. The monoisotopic (exact) mass is 297 g/mol. The van der Waals surface area contributed by atoms with Crippen molar-refractivity contribution in [2.75, 3.05) is 7.11 Å². The van der Waals surface area contributed by atoms with Crippen molar-refractivity contribution in [2.24, 2.45) is 5.73 Å². The van der Waals surface area contributed by atoms with E-state index in [0.29, 0.717) is 33.8 Å². The van der Waals surface area contributed by atoms with Gasteiger partial charge in [-0.2, -0.15) is 0 Å².